The summed E-state index contributed by atoms with van der Waals surface area (Å²) in [5, 5.41) is 0. The van der Waals surface area contributed by atoms with E-state index in [-0.39, 0.29) is 5.60 Å². The van der Waals surface area contributed by atoms with Crippen LogP contribution in [-0.4, -0.2) is 24.9 Å². The molecule has 0 aromatic heterocycles. The smallest absolute Gasteiger partial charge is 0.104 e. The van der Waals surface area contributed by atoms with Crippen LogP contribution >= 0.6 is 0 Å². The molecule has 1 aliphatic heterocycles. The van der Waals surface area contributed by atoms with Gasteiger partial charge in [-0.2, -0.15) is 0 Å². The summed E-state index contributed by atoms with van der Waals surface area (Å²) in [6.45, 7) is 8.34. The molecule has 2 heteroatoms. The molecule has 1 aliphatic rings. The highest BCUT2D eigenvalue weighted by Crippen LogP contribution is 2.27. The number of ether oxygens (including phenoxy) is 2. The summed E-state index contributed by atoms with van der Waals surface area (Å²) in [6.07, 6.45) is 5.00. The van der Waals surface area contributed by atoms with Crippen molar-refractivity contribution in [2.45, 2.75) is 58.2 Å². The Labute approximate surface area is 81.6 Å². The van der Waals surface area contributed by atoms with Gasteiger partial charge in [0.25, 0.3) is 0 Å². The first kappa shape index (κ1) is 11.0. The molecule has 13 heavy (non-hydrogen) atoms. The molecule has 0 amide bonds. The second-order valence-corrected chi connectivity index (χ2v) is 3.91. The molecule has 0 N–H and O–H groups in total. The highest BCUT2D eigenvalue weighted by Gasteiger charge is 2.30. The van der Waals surface area contributed by atoms with Gasteiger partial charge in [-0.25, -0.2) is 0 Å². The highest BCUT2D eigenvalue weighted by molar-refractivity contribution is 4.79. The molecular formula is C11H22O2. The largest absolute Gasteiger partial charge is 0.372 e. The Hall–Kier alpha value is -0.0800. The average Bonchev–Trinajstić information content (AvgIpc) is 2.96. The predicted octanol–water partition coefficient (Wildman–Crippen LogP) is 2.76. The van der Waals surface area contributed by atoms with E-state index in [1.54, 1.807) is 0 Å². The van der Waals surface area contributed by atoms with E-state index in [0.717, 1.165) is 26.1 Å². The van der Waals surface area contributed by atoms with Crippen molar-refractivity contribution in [3.63, 3.8) is 0 Å². The first-order valence-electron chi connectivity index (χ1n) is 5.52. The second-order valence-electron chi connectivity index (χ2n) is 3.91. The van der Waals surface area contributed by atoms with Crippen LogP contribution in [0.25, 0.3) is 0 Å². The molecule has 0 bridgehead atoms. The van der Waals surface area contributed by atoms with Crippen molar-refractivity contribution in [1.29, 1.82) is 0 Å². The van der Waals surface area contributed by atoms with Crippen LogP contribution in [0.3, 0.4) is 0 Å². The number of epoxide rings is 1. The van der Waals surface area contributed by atoms with Crippen molar-refractivity contribution >= 4 is 0 Å². The molecule has 1 fully saturated rings. The van der Waals surface area contributed by atoms with E-state index in [2.05, 4.69) is 20.8 Å². The van der Waals surface area contributed by atoms with Gasteiger partial charge in [0.1, 0.15) is 6.10 Å². The Morgan fingerprint density at radius 3 is 2.31 bits per heavy atom. The van der Waals surface area contributed by atoms with Crippen LogP contribution in [-0.2, 0) is 9.47 Å². The zero-order valence-electron chi connectivity index (χ0n) is 9.14. The summed E-state index contributed by atoms with van der Waals surface area (Å²) in [5.41, 5.74) is 0.126. The van der Waals surface area contributed by atoms with Crippen LogP contribution in [0.1, 0.15) is 46.5 Å². The van der Waals surface area contributed by atoms with Gasteiger partial charge in [-0.3, -0.25) is 0 Å². The Kier molecular flexibility index (Phi) is 4.20. The predicted molar refractivity (Wildman–Crippen MR) is 53.9 cm³/mol. The fourth-order valence-corrected chi connectivity index (χ4v) is 1.77. The number of rotatable bonds is 7. The summed E-state index contributed by atoms with van der Waals surface area (Å²) < 4.78 is 11.1. The summed E-state index contributed by atoms with van der Waals surface area (Å²) in [7, 11) is 0. The zero-order chi connectivity index (χ0) is 9.73. The standard InChI is InChI=1S/C11H22O2/c1-4-7-11(5-2,6-3)13-9-10-8-12-10/h10H,4-9H2,1-3H3. The van der Waals surface area contributed by atoms with Gasteiger partial charge < -0.3 is 9.47 Å². The van der Waals surface area contributed by atoms with Crippen molar-refractivity contribution < 1.29 is 9.47 Å². The van der Waals surface area contributed by atoms with Gasteiger partial charge in [-0.1, -0.05) is 27.2 Å². The van der Waals surface area contributed by atoms with E-state index < -0.39 is 0 Å². The monoisotopic (exact) mass is 186 g/mol. The summed E-state index contributed by atoms with van der Waals surface area (Å²) in [4.78, 5) is 0. The third-order valence-corrected chi connectivity index (χ3v) is 2.97. The van der Waals surface area contributed by atoms with Crippen molar-refractivity contribution in [3.05, 3.63) is 0 Å². The maximum absolute atomic E-state index is 5.97. The lowest BCUT2D eigenvalue weighted by Crippen LogP contribution is -2.32. The van der Waals surface area contributed by atoms with E-state index >= 15 is 0 Å². The van der Waals surface area contributed by atoms with Crippen molar-refractivity contribution in [1.82, 2.24) is 0 Å². The summed E-state index contributed by atoms with van der Waals surface area (Å²) in [6, 6.07) is 0. The second kappa shape index (κ2) is 4.97. The van der Waals surface area contributed by atoms with Crippen LogP contribution in [0, 0.1) is 0 Å². The van der Waals surface area contributed by atoms with Crippen LogP contribution < -0.4 is 0 Å². The van der Waals surface area contributed by atoms with Gasteiger partial charge in [0.2, 0.25) is 0 Å². The summed E-state index contributed by atoms with van der Waals surface area (Å²) >= 11 is 0. The molecule has 0 radical (unpaired) electrons. The van der Waals surface area contributed by atoms with Crippen LogP contribution in [0.2, 0.25) is 0 Å². The van der Waals surface area contributed by atoms with E-state index in [1.165, 1.54) is 12.8 Å². The van der Waals surface area contributed by atoms with Crippen LogP contribution in [0.5, 0.6) is 0 Å². The van der Waals surface area contributed by atoms with E-state index in [1.807, 2.05) is 0 Å². The van der Waals surface area contributed by atoms with E-state index in [0.29, 0.717) is 6.10 Å². The fraction of sp³-hybridized carbons (Fsp3) is 1.00. The van der Waals surface area contributed by atoms with Crippen molar-refractivity contribution in [2.75, 3.05) is 13.2 Å². The molecule has 0 aromatic carbocycles. The van der Waals surface area contributed by atoms with E-state index in [4.69, 9.17) is 9.47 Å². The van der Waals surface area contributed by atoms with Gasteiger partial charge in [0.15, 0.2) is 0 Å². The first-order valence-corrected chi connectivity index (χ1v) is 5.52. The molecule has 1 rings (SSSR count). The maximum Gasteiger partial charge on any atom is 0.104 e. The van der Waals surface area contributed by atoms with Gasteiger partial charge in [0.05, 0.1) is 18.8 Å². The Balaban J connectivity index is 2.32. The van der Waals surface area contributed by atoms with Crippen LogP contribution in [0.15, 0.2) is 0 Å². The van der Waals surface area contributed by atoms with E-state index in [9.17, 15) is 0 Å². The van der Waals surface area contributed by atoms with Gasteiger partial charge >= 0.3 is 0 Å². The zero-order valence-corrected chi connectivity index (χ0v) is 9.14. The first-order chi connectivity index (χ1) is 6.26. The minimum absolute atomic E-state index is 0.126. The quantitative estimate of drug-likeness (QED) is 0.570. The fourth-order valence-electron chi connectivity index (χ4n) is 1.77. The lowest BCUT2D eigenvalue weighted by Gasteiger charge is -2.31. The Morgan fingerprint density at radius 1 is 1.31 bits per heavy atom. The molecule has 1 heterocycles. The molecule has 1 unspecified atom stereocenters. The molecule has 0 aromatic rings. The topological polar surface area (TPSA) is 21.8 Å². The molecule has 2 nitrogen and oxygen atoms in total. The lowest BCUT2D eigenvalue weighted by molar-refractivity contribution is -0.0629. The molecule has 78 valence electrons. The number of hydrogen-bond acceptors (Lipinski definition) is 2. The summed E-state index contributed by atoms with van der Waals surface area (Å²) in [5.74, 6) is 0. The molecular weight excluding hydrogens is 164 g/mol. The number of hydrogen-bond donors (Lipinski definition) is 0. The molecule has 0 spiro atoms. The molecule has 1 atom stereocenters. The normalized spacial score (nSPS) is 21.9. The van der Waals surface area contributed by atoms with Crippen molar-refractivity contribution in [2.24, 2.45) is 0 Å². The minimum Gasteiger partial charge on any atom is -0.372 e. The molecule has 0 saturated carbocycles. The lowest BCUT2D eigenvalue weighted by atomic mass is 9.92. The van der Waals surface area contributed by atoms with Gasteiger partial charge in [-0.15, -0.1) is 0 Å². The third-order valence-electron chi connectivity index (χ3n) is 2.97. The molecule has 0 aliphatic carbocycles. The maximum atomic E-state index is 5.97. The van der Waals surface area contributed by atoms with Crippen molar-refractivity contribution in [3.8, 4) is 0 Å². The average molecular weight is 186 g/mol. The van der Waals surface area contributed by atoms with Gasteiger partial charge in [0, 0.05) is 0 Å². The minimum atomic E-state index is 0.126. The third kappa shape index (κ3) is 3.28. The highest BCUT2D eigenvalue weighted by atomic mass is 16.6. The van der Waals surface area contributed by atoms with Gasteiger partial charge in [-0.05, 0) is 19.3 Å². The van der Waals surface area contributed by atoms with Crippen LogP contribution in [0.4, 0.5) is 0 Å². The Morgan fingerprint density at radius 2 is 1.92 bits per heavy atom. The molecule has 1 saturated heterocycles. The Bertz CT molecular complexity index is 137. The SMILES string of the molecule is CCCC(CC)(CC)OCC1CO1.